The van der Waals surface area contributed by atoms with Crippen molar-refractivity contribution < 1.29 is 9.90 Å². The van der Waals surface area contributed by atoms with Gasteiger partial charge >= 0.3 is 5.97 Å². The zero-order valence-corrected chi connectivity index (χ0v) is 10.4. The second kappa shape index (κ2) is 5.07. The number of carboxylic acids is 1. The molecule has 0 saturated carbocycles. The normalized spacial score (nSPS) is 13.5. The van der Waals surface area contributed by atoms with Gasteiger partial charge in [0.05, 0.1) is 11.3 Å². The highest BCUT2D eigenvalue weighted by atomic mass is 35.5. The molecular formula is C12H13ClN2O2. The van der Waals surface area contributed by atoms with Gasteiger partial charge in [0.25, 0.3) is 0 Å². The van der Waals surface area contributed by atoms with E-state index in [1.807, 2.05) is 6.07 Å². The Morgan fingerprint density at radius 1 is 1.65 bits per heavy atom. The molecular weight excluding hydrogens is 240 g/mol. The first-order valence-corrected chi connectivity index (χ1v) is 5.52. The number of carbonyl (C=O) groups is 1. The van der Waals surface area contributed by atoms with Gasteiger partial charge in [-0.3, -0.25) is 0 Å². The molecule has 0 heterocycles. The molecule has 0 spiro atoms. The highest BCUT2D eigenvalue weighted by molar-refractivity contribution is 6.30. The van der Waals surface area contributed by atoms with Crippen LogP contribution in [0.2, 0.25) is 5.02 Å². The van der Waals surface area contributed by atoms with E-state index in [0.29, 0.717) is 22.7 Å². The molecule has 0 aliphatic carbocycles. The van der Waals surface area contributed by atoms with Crippen molar-refractivity contribution in [1.29, 1.82) is 5.26 Å². The van der Waals surface area contributed by atoms with E-state index in [-0.39, 0.29) is 0 Å². The summed E-state index contributed by atoms with van der Waals surface area (Å²) in [7, 11) is 0. The SMILES string of the molecule is CCC(C)(Nc1cc(Cl)ccc1C#N)C(=O)O. The molecule has 1 rings (SSSR count). The summed E-state index contributed by atoms with van der Waals surface area (Å²) in [5, 5.41) is 21.4. The Hall–Kier alpha value is -1.73. The first-order chi connectivity index (χ1) is 7.92. The molecule has 17 heavy (non-hydrogen) atoms. The van der Waals surface area contributed by atoms with Crippen LogP contribution in [0, 0.1) is 11.3 Å². The van der Waals surface area contributed by atoms with Crippen LogP contribution in [0.25, 0.3) is 0 Å². The summed E-state index contributed by atoms with van der Waals surface area (Å²) in [6.45, 7) is 3.33. The van der Waals surface area contributed by atoms with Crippen molar-refractivity contribution in [1.82, 2.24) is 0 Å². The second-order valence-electron chi connectivity index (χ2n) is 3.92. The van der Waals surface area contributed by atoms with E-state index in [1.165, 1.54) is 0 Å². The smallest absolute Gasteiger partial charge is 0.329 e. The van der Waals surface area contributed by atoms with Gasteiger partial charge in [-0.05, 0) is 31.5 Å². The summed E-state index contributed by atoms with van der Waals surface area (Å²) in [5.74, 6) is -0.969. The zero-order chi connectivity index (χ0) is 13.1. The lowest BCUT2D eigenvalue weighted by Gasteiger charge is -2.26. The number of hydrogen-bond acceptors (Lipinski definition) is 3. The Balaban J connectivity index is 3.14. The van der Waals surface area contributed by atoms with Crippen LogP contribution in [-0.2, 0) is 4.79 Å². The number of hydrogen-bond donors (Lipinski definition) is 2. The molecule has 5 heteroatoms. The minimum atomic E-state index is -1.11. The number of nitriles is 1. The van der Waals surface area contributed by atoms with Crippen LogP contribution in [-0.4, -0.2) is 16.6 Å². The van der Waals surface area contributed by atoms with Crippen LogP contribution >= 0.6 is 11.6 Å². The molecule has 0 aromatic heterocycles. The third-order valence-corrected chi connectivity index (χ3v) is 2.93. The van der Waals surface area contributed by atoms with E-state index in [9.17, 15) is 4.79 Å². The number of nitrogens with one attached hydrogen (secondary N) is 1. The Kier molecular flexibility index (Phi) is 3.97. The lowest BCUT2D eigenvalue weighted by molar-refractivity contribution is -0.141. The van der Waals surface area contributed by atoms with Crippen molar-refractivity contribution in [3.8, 4) is 6.07 Å². The van der Waals surface area contributed by atoms with Crippen LogP contribution in [0.5, 0.6) is 0 Å². The quantitative estimate of drug-likeness (QED) is 0.864. The van der Waals surface area contributed by atoms with E-state index in [0.717, 1.165) is 0 Å². The maximum atomic E-state index is 11.2. The summed E-state index contributed by atoms with van der Waals surface area (Å²) in [4.78, 5) is 11.2. The first kappa shape index (κ1) is 13.3. The Bertz CT molecular complexity index is 482. The lowest BCUT2D eigenvalue weighted by atomic mass is 9.98. The monoisotopic (exact) mass is 252 g/mol. The van der Waals surface area contributed by atoms with Gasteiger partial charge in [0.1, 0.15) is 11.6 Å². The van der Waals surface area contributed by atoms with Crippen LogP contribution in [0.1, 0.15) is 25.8 Å². The van der Waals surface area contributed by atoms with Gasteiger partial charge in [0.15, 0.2) is 0 Å². The topological polar surface area (TPSA) is 73.1 Å². The summed E-state index contributed by atoms with van der Waals surface area (Å²) >= 11 is 5.83. The average Bonchev–Trinajstić information content (AvgIpc) is 2.29. The van der Waals surface area contributed by atoms with Crippen LogP contribution in [0.3, 0.4) is 0 Å². The van der Waals surface area contributed by atoms with E-state index in [2.05, 4.69) is 5.32 Å². The van der Waals surface area contributed by atoms with Crippen molar-refractivity contribution in [2.75, 3.05) is 5.32 Å². The van der Waals surface area contributed by atoms with Crippen LogP contribution < -0.4 is 5.32 Å². The van der Waals surface area contributed by atoms with Crippen LogP contribution in [0.4, 0.5) is 5.69 Å². The summed E-state index contributed by atoms with van der Waals surface area (Å²) in [6, 6.07) is 6.70. The molecule has 0 saturated heterocycles. The van der Waals surface area contributed by atoms with Gasteiger partial charge in [-0.2, -0.15) is 5.26 Å². The number of anilines is 1. The van der Waals surface area contributed by atoms with E-state index < -0.39 is 11.5 Å². The van der Waals surface area contributed by atoms with Gasteiger partial charge in [0, 0.05) is 5.02 Å². The van der Waals surface area contributed by atoms with Crippen molar-refractivity contribution in [3.05, 3.63) is 28.8 Å². The summed E-state index contributed by atoms with van der Waals surface area (Å²) < 4.78 is 0. The molecule has 4 nitrogen and oxygen atoms in total. The molecule has 1 unspecified atom stereocenters. The van der Waals surface area contributed by atoms with Gasteiger partial charge in [0.2, 0.25) is 0 Å². The Morgan fingerprint density at radius 3 is 2.76 bits per heavy atom. The van der Waals surface area contributed by atoms with E-state index in [1.54, 1.807) is 32.0 Å². The fraction of sp³-hybridized carbons (Fsp3) is 0.333. The second-order valence-corrected chi connectivity index (χ2v) is 4.35. The van der Waals surface area contributed by atoms with Crippen molar-refractivity contribution in [3.63, 3.8) is 0 Å². The maximum absolute atomic E-state index is 11.2. The van der Waals surface area contributed by atoms with Gasteiger partial charge in [-0.25, -0.2) is 4.79 Å². The number of benzene rings is 1. The maximum Gasteiger partial charge on any atom is 0.329 e. The fourth-order valence-corrected chi connectivity index (χ4v) is 1.48. The zero-order valence-electron chi connectivity index (χ0n) is 9.62. The van der Waals surface area contributed by atoms with Gasteiger partial charge in [-0.15, -0.1) is 0 Å². The van der Waals surface area contributed by atoms with Gasteiger partial charge < -0.3 is 10.4 Å². The predicted molar refractivity (Wildman–Crippen MR) is 66.1 cm³/mol. The molecule has 1 aromatic rings. The number of halogens is 1. The Morgan fingerprint density at radius 2 is 2.29 bits per heavy atom. The molecule has 0 aliphatic heterocycles. The van der Waals surface area contributed by atoms with Crippen molar-refractivity contribution >= 4 is 23.3 Å². The Labute approximate surface area is 105 Å². The lowest BCUT2D eigenvalue weighted by Crippen LogP contribution is -2.42. The largest absolute Gasteiger partial charge is 0.480 e. The molecule has 1 aromatic carbocycles. The van der Waals surface area contributed by atoms with Gasteiger partial charge in [-0.1, -0.05) is 18.5 Å². The molecule has 90 valence electrons. The number of aliphatic carboxylic acids is 1. The summed E-state index contributed by atoms with van der Waals surface area (Å²) in [5.41, 5.74) is -0.307. The molecule has 0 bridgehead atoms. The fourth-order valence-electron chi connectivity index (χ4n) is 1.31. The first-order valence-electron chi connectivity index (χ1n) is 5.14. The molecule has 0 amide bonds. The molecule has 2 N–H and O–H groups in total. The van der Waals surface area contributed by atoms with E-state index in [4.69, 9.17) is 22.0 Å². The third-order valence-electron chi connectivity index (χ3n) is 2.69. The molecule has 1 atom stereocenters. The molecule has 0 radical (unpaired) electrons. The number of rotatable bonds is 4. The summed E-state index contributed by atoms with van der Waals surface area (Å²) in [6.07, 6.45) is 0.389. The average molecular weight is 253 g/mol. The predicted octanol–water partition coefficient (Wildman–Crippen LogP) is 2.88. The number of carboxylic acid groups (broad SMARTS) is 1. The highest BCUT2D eigenvalue weighted by Crippen LogP contribution is 2.25. The van der Waals surface area contributed by atoms with E-state index >= 15 is 0 Å². The minimum Gasteiger partial charge on any atom is -0.480 e. The van der Waals surface area contributed by atoms with Crippen molar-refractivity contribution in [2.45, 2.75) is 25.8 Å². The van der Waals surface area contributed by atoms with Crippen molar-refractivity contribution in [2.24, 2.45) is 0 Å². The molecule has 0 aliphatic rings. The minimum absolute atomic E-state index is 0.371. The van der Waals surface area contributed by atoms with Crippen LogP contribution in [0.15, 0.2) is 18.2 Å². The number of nitrogens with zero attached hydrogens (tertiary/aromatic N) is 1. The third kappa shape index (κ3) is 2.89. The highest BCUT2D eigenvalue weighted by Gasteiger charge is 2.31. The standard InChI is InChI=1S/C12H13ClN2O2/c1-3-12(2,11(16)17)15-10-6-9(13)5-4-8(10)7-14/h4-6,15H,3H2,1-2H3,(H,16,17). The molecule has 0 fully saturated rings.